The predicted molar refractivity (Wildman–Crippen MR) is 458 cm³/mol. The van der Waals surface area contributed by atoms with E-state index in [0.717, 1.165) is 163 Å². The Morgan fingerprint density at radius 3 is 0.694 bits per heavy atom. The Kier molecular flexibility index (Phi) is 23.5. The first-order valence-electron chi connectivity index (χ1n) is 52.7. The summed E-state index contributed by atoms with van der Waals surface area (Å²) < 4.78 is 0. The second-order valence-corrected chi connectivity index (χ2v) is 49.7. The third-order valence-corrected chi connectivity index (χ3v) is 46.2. The zero-order chi connectivity index (χ0) is 73.0. The lowest BCUT2D eigenvalue weighted by molar-refractivity contribution is -0.103. The van der Waals surface area contributed by atoms with Crippen LogP contribution in [0.2, 0.25) is 0 Å². The summed E-state index contributed by atoms with van der Waals surface area (Å²) >= 11 is 0. The van der Waals surface area contributed by atoms with Gasteiger partial charge in [-0.15, -0.1) is 0 Å². The third kappa shape index (κ3) is 14.5. The Bertz CT molecular complexity index is 2720. The van der Waals surface area contributed by atoms with Crippen molar-refractivity contribution >= 4 is 0 Å². The van der Waals surface area contributed by atoms with Crippen molar-refractivity contribution in [3.05, 3.63) is 0 Å². The molecule has 0 aliphatic heterocycles. The molecule has 36 atom stereocenters. The largest absolute Gasteiger partial charge is 0.0594 e. The van der Waals surface area contributed by atoms with Gasteiger partial charge in [0.05, 0.1) is 0 Å². The molecule has 24 aliphatic rings. The van der Waals surface area contributed by atoms with Gasteiger partial charge in [-0.05, 0) is 480 Å². The van der Waals surface area contributed by atoms with Crippen LogP contribution in [0.5, 0.6) is 0 Å². The molecule has 0 aromatic carbocycles. The first-order chi connectivity index (χ1) is 52.7. The molecule has 0 nitrogen and oxygen atoms in total. The summed E-state index contributed by atoms with van der Waals surface area (Å²) in [6, 6.07) is 0. The van der Waals surface area contributed by atoms with Crippen LogP contribution in [-0.4, -0.2) is 0 Å². The summed E-state index contributed by atoms with van der Waals surface area (Å²) in [4.78, 5) is 0. The molecule has 24 rings (SSSR count). The lowest BCUT2D eigenvalue weighted by Crippen LogP contribution is -2.51. The third-order valence-electron chi connectivity index (χ3n) is 46.2. The van der Waals surface area contributed by atoms with E-state index in [4.69, 9.17) is 0 Å². The first-order valence-corrected chi connectivity index (χ1v) is 52.7. The van der Waals surface area contributed by atoms with E-state index in [1.165, 1.54) is 85.9 Å². The van der Waals surface area contributed by atoms with Crippen LogP contribution in [0.1, 0.15) is 465 Å². The van der Waals surface area contributed by atoms with Gasteiger partial charge in [-0.1, -0.05) is 196 Å². The van der Waals surface area contributed by atoms with Gasteiger partial charge < -0.3 is 0 Å². The van der Waals surface area contributed by atoms with Gasteiger partial charge in [-0.2, -0.15) is 0 Å². The van der Waals surface area contributed by atoms with Crippen LogP contribution < -0.4 is 0 Å². The Labute approximate surface area is 671 Å². The average Bonchev–Trinajstić information content (AvgIpc) is 1.29. The number of fused-ring (bicyclic) bond motifs is 30. The van der Waals surface area contributed by atoms with Gasteiger partial charge >= 0.3 is 0 Å². The Morgan fingerprint density at radius 2 is 0.370 bits per heavy atom. The summed E-state index contributed by atoms with van der Waals surface area (Å²) in [5.74, 6) is 34.3. The Balaban J connectivity index is 0.0000000882. The molecule has 0 heteroatoms. The van der Waals surface area contributed by atoms with Crippen molar-refractivity contribution in [3.63, 3.8) is 0 Å². The maximum Gasteiger partial charge on any atom is -0.0266 e. The normalized spacial score (nSPS) is 55.5. The predicted octanol–water partition coefficient (Wildman–Crippen LogP) is 32.5. The Hall–Kier alpha value is 0. The zero-order valence-corrected chi connectivity index (χ0v) is 73.0. The summed E-state index contributed by atoms with van der Waals surface area (Å²) in [6.45, 7) is 15.9. The van der Waals surface area contributed by atoms with Crippen molar-refractivity contribution in [1.82, 2.24) is 0 Å². The molecule has 0 unspecified atom stereocenters. The first kappa shape index (κ1) is 77.9. The maximum absolute atomic E-state index is 2.70. The van der Waals surface area contributed by atoms with Gasteiger partial charge in [0.25, 0.3) is 0 Å². The average molecular weight is 1480 g/mol. The molecule has 0 N–H and O–H groups in total. The molecule has 0 aromatic heterocycles. The fourth-order valence-electron chi connectivity index (χ4n) is 41.1. The summed E-state index contributed by atoms with van der Waals surface area (Å²) in [6.07, 6.45) is 104. The summed E-state index contributed by atoms with van der Waals surface area (Å²) in [7, 11) is 0. The maximum atomic E-state index is 2.70. The molecule has 24 aliphatic carbocycles. The molecular weight excluding hydrogens is 1300 g/mol. The van der Waals surface area contributed by atoms with Gasteiger partial charge in [0, 0.05) is 0 Å². The smallest absolute Gasteiger partial charge is 0.0266 e. The van der Waals surface area contributed by atoms with Gasteiger partial charge in [-0.3, -0.25) is 0 Å². The van der Waals surface area contributed by atoms with Crippen LogP contribution in [-0.2, 0) is 0 Å². The van der Waals surface area contributed by atoms with E-state index in [0.29, 0.717) is 0 Å². The molecule has 24 fully saturated rings. The van der Waals surface area contributed by atoms with Crippen molar-refractivity contribution in [2.45, 2.75) is 465 Å². The van der Waals surface area contributed by atoms with Crippen LogP contribution >= 0.6 is 0 Å². The van der Waals surface area contributed by atoms with Crippen molar-refractivity contribution in [2.75, 3.05) is 0 Å². The molecule has 24 saturated carbocycles. The lowest BCUT2D eigenvalue weighted by atomic mass is 9.45. The van der Waals surface area contributed by atoms with Crippen molar-refractivity contribution in [2.24, 2.45) is 210 Å². The topological polar surface area (TPSA) is 0 Å². The van der Waals surface area contributed by atoms with Crippen molar-refractivity contribution in [3.8, 4) is 0 Å². The van der Waals surface area contributed by atoms with Crippen LogP contribution in [0.3, 0.4) is 0 Å². The number of rotatable bonds is 0. The van der Waals surface area contributed by atoms with Gasteiger partial charge in [0.2, 0.25) is 0 Å². The van der Waals surface area contributed by atoms with E-state index in [1.54, 1.807) is 385 Å². The SMILES string of the molecule is C1CC[C@H]2[C@@H](C1)CC[C@@H]1[C@@H]2CC[C@@H]2CCC[C@H]21.C1CC[C@H]2[C@H](C1)CC[C@@H]1[C@@H]2CC[C@@H]2CCC[C@H]21.C[C@@]12CCC[C@H]1[C@@H]1CC[C@@H]3CCCC[C@@H]3[C@H]1CC2.C[C@@]12CCC[C@H]1[C@@H]1CC[C@@H]3CCCC[C@]3(C)[C@H]1CC2.C[C@@]12CCC[C@H]1[C@@H]1CC[C@H]3CCCC[C@@H]3[C@H]1CC2.C[C@@]12CCC[C@H]1[C@@H]1CC[C@H]3CCCC[C@]3(C)[C@H]1CC2. The molecule has 108 heavy (non-hydrogen) atoms. The fraction of sp³-hybridized carbons (Fsp3) is 1.00. The van der Waals surface area contributed by atoms with E-state index in [9.17, 15) is 0 Å². The van der Waals surface area contributed by atoms with E-state index < -0.39 is 0 Å². The molecule has 0 amide bonds. The van der Waals surface area contributed by atoms with Crippen LogP contribution in [0.15, 0.2) is 0 Å². The van der Waals surface area contributed by atoms with Gasteiger partial charge in [0.1, 0.15) is 0 Å². The molecule has 612 valence electrons. The van der Waals surface area contributed by atoms with Crippen LogP contribution in [0.25, 0.3) is 0 Å². The molecular formula is C108H180. The molecule has 0 saturated heterocycles. The van der Waals surface area contributed by atoms with Crippen LogP contribution in [0, 0.1) is 210 Å². The second-order valence-electron chi connectivity index (χ2n) is 49.7. The summed E-state index contributed by atoms with van der Waals surface area (Å²) in [5, 5.41) is 0. The molecule has 0 aromatic rings. The highest BCUT2D eigenvalue weighted by molar-refractivity contribution is 5.11. The minimum atomic E-state index is 0.741. The van der Waals surface area contributed by atoms with Crippen molar-refractivity contribution in [1.29, 1.82) is 0 Å². The Morgan fingerprint density at radius 1 is 0.130 bits per heavy atom. The molecule has 0 heterocycles. The minimum Gasteiger partial charge on any atom is -0.0594 e. The number of hydrogen-bond donors (Lipinski definition) is 0. The zero-order valence-electron chi connectivity index (χ0n) is 73.0. The molecule has 0 radical (unpaired) electrons. The summed E-state index contributed by atoms with van der Waals surface area (Å²) in [5.41, 5.74) is 4.51. The van der Waals surface area contributed by atoms with Crippen molar-refractivity contribution < 1.29 is 0 Å². The second kappa shape index (κ2) is 32.6. The molecule has 0 bridgehead atoms. The fourth-order valence-corrected chi connectivity index (χ4v) is 41.1. The van der Waals surface area contributed by atoms with E-state index in [2.05, 4.69) is 41.5 Å². The van der Waals surface area contributed by atoms with E-state index in [-0.39, 0.29) is 0 Å². The lowest BCUT2D eigenvalue weighted by Gasteiger charge is -2.60. The van der Waals surface area contributed by atoms with E-state index >= 15 is 0 Å². The van der Waals surface area contributed by atoms with E-state index in [1.807, 2.05) is 0 Å². The monoisotopic (exact) mass is 1480 g/mol. The number of hydrogen-bond acceptors (Lipinski definition) is 0. The van der Waals surface area contributed by atoms with Gasteiger partial charge in [-0.25, -0.2) is 0 Å². The standard InChI is InChI=1S/2C19H32.2C18H30.2C17H28/c2*1-18-11-5-7-16(18)15-9-8-14-6-3-4-12-19(14,2)17(15)10-13-18;2*1-18-11-4-7-17(18)16-9-8-13-5-2-3-6-14(13)15(16)10-12-18;2*1-2-6-14-12(4-1)8-10-17-15-7-3-5-13(15)9-11-16(14)17/h2*14-17H,3-13H2,1-2H3;2*13-17H,2-12H2,1H3;2*12-17H,1-11H2/t14-,15+,16+,17+,18+,19+;14-,15-,16-,17-,18-,19-;13-,14+,15-,16-,17+,18+;13-,14-,15+,16+,17-,18-;12-,13+,14+,15-,16-,17+;12-,13-,14-,15+,16+,17-/m101010/s1. The highest BCUT2D eigenvalue weighted by Gasteiger charge is 2.61. The van der Waals surface area contributed by atoms with Crippen LogP contribution in [0.4, 0.5) is 0 Å². The molecule has 0 spiro atoms. The quantitative estimate of drug-likeness (QED) is 0.227. The minimum absolute atomic E-state index is 0.741. The highest BCUT2D eigenvalue weighted by Crippen LogP contribution is 2.71. The van der Waals surface area contributed by atoms with Gasteiger partial charge in [0.15, 0.2) is 0 Å². The highest BCUT2D eigenvalue weighted by atomic mass is 14.7.